The third-order valence-corrected chi connectivity index (χ3v) is 5.47. The van der Waals surface area contributed by atoms with E-state index in [1.807, 2.05) is 24.4 Å². The van der Waals surface area contributed by atoms with E-state index >= 15 is 0 Å². The zero-order valence-corrected chi connectivity index (χ0v) is 15.5. The van der Waals surface area contributed by atoms with Crippen LogP contribution in [0.25, 0.3) is 5.52 Å². The van der Waals surface area contributed by atoms with E-state index in [0.29, 0.717) is 24.5 Å². The average molecular weight is 381 g/mol. The number of rotatable bonds is 3. The lowest BCUT2D eigenvalue weighted by Crippen LogP contribution is -2.23. The van der Waals surface area contributed by atoms with Gasteiger partial charge in [0.25, 0.3) is 0 Å². The summed E-state index contributed by atoms with van der Waals surface area (Å²) in [6, 6.07) is 7.44. The van der Waals surface area contributed by atoms with E-state index in [2.05, 4.69) is 10.00 Å². The number of ether oxygens (including phenoxy) is 2. The standard InChI is InChI=1S/C21H20FN3O3/c1-13(26)16-12-23-25-6-4-15(11-19(16)25)24-5-2-3-18(24)14-9-17(22)21-20(10-14)27-7-8-28-21/h4,6,9-12,18H,2-3,5,7-8H2,1H3. The largest absolute Gasteiger partial charge is 0.486 e. The number of halogens is 1. The number of carbonyl (C=O) groups is 1. The SMILES string of the molecule is CC(=O)c1cnn2ccc(N3CCCC3c3cc(F)c4c(c3)OCCO4)cc12. The molecule has 0 spiro atoms. The van der Waals surface area contributed by atoms with E-state index in [4.69, 9.17) is 9.47 Å². The molecule has 28 heavy (non-hydrogen) atoms. The van der Waals surface area contributed by atoms with Gasteiger partial charge in [-0.05, 0) is 49.6 Å². The number of ketones is 1. The third-order valence-electron chi connectivity index (χ3n) is 5.47. The molecule has 2 aliphatic heterocycles. The van der Waals surface area contributed by atoms with E-state index in [0.717, 1.165) is 36.2 Å². The number of aromatic nitrogens is 2. The minimum Gasteiger partial charge on any atom is -0.486 e. The highest BCUT2D eigenvalue weighted by Crippen LogP contribution is 2.41. The first-order valence-electron chi connectivity index (χ1n) is 9.46. The van der Waals surface area contributed by atoms with Gasteiger partial charge < -0.3 is 14.4 Å². The van der Waals surface area contributed by atoms with Gasteiger partial charge in [0.2, 0.25) is 0 Å². The second kappa shape index (κ2) is 6.51. The number of Topliss-reactive ketones (excluding diaryl/α,β-unsaturated/α-hetero) is 1. The molecule has 6 nitrogen and oxygen atoms in total. The van der Waals surface area contributed by atoms with Crippen LogP contribution in [-0.2, 0) is 0 Å². The van der Waals surface area contributed by atoms with E-state index in [9.17, 15) is 9.18 Å². The maximum Gasteiger partial charge on any atom is 0.197 e. The molecule has 1 fully saturated rings. The fraction of sp³-hybridized carbons (Fsp3) is 0.333. The number of hydrogen-bond donors (Lipinski definition) is 0. The molecule has 0 N–H and O–H groups in total. The normalized spacial score (nSPS) is 18.6. The van der Waals surface area contributed by atoms with E-state index in [1.165, 1.54) is 0 Å². The highest BCUT2D eigenvalue weighted by molar-refractivity contribution is 6.00. The molecule has 2 aromatic heterocycles. The maximum absolute atomic E-state index is 14.6. The van der Waals surface area contributed by atoms with Crippen molar-refractivity contribution in [3.63, 3.8) is 0 Å². The molecule has 2 aliphatic rings. The van der Waals surface area contributed by atoms with Crippen molar-refractivity contribution in [1.29, 1.82) is 0 Å². The summed E-state index contributed by atoms with van der Waals surface area (Å²) in [7, 11) is 0. The van der Waals surface area contributed by atoms with Crippen LogP contribution >= 0.6 is 0 Å². The van der Waals surface area contributed by atoms with Gasteiger partial charge >= 0.3 is 0 Å². The lowest BCUT2D eigenvalue weighted by molar-refractivity contribution is 0.101. The van der Waals surface area contributed by atoms with Crippen LogP contribution in [0.2, 0.25) is 0 Å². The van der Waals surface area contributed by atoms with Gasteiger partial charge in [-0.3, -0.25) is 4.79 Å². The van der Waals surface area contributed by atoms with Crippen molar-refractivity contribution in [2.75, 3.05) is 24.7 Å². The number of hydrogen-bond acceptors (Lipinski definition) is 5. The lowest BCUT2D eigenvalue weighted by Gasteiger charge is -2.28. The molecule has 0 saturated carbocycles. The monoisotopic (exact) mass is 381 g/mol. The molecule has 1 atom stereocenters. The molecular formula is C21H20FN3O3. The molecule has 1 unspecified atom stereocenters. The van der Waals surface area contributed by atoms with E-state index in [1.54, 1.807) is 23.7 Å². The Morgan fingerprint density at radius 2 is 2.11 bits per heavy atom. The number of fused-ring (bicyclic) bond motifs is 2. The Bertz CT molecular complexity index is 1080. The van der Waals surface area contributed by atoms with E-state index in [-0.39, 0.29) is 23.4 Å². The van der Waals surface area contributed by atoms with Crippen molar-refractivity contribution in [1.82, 2.24) is 9.61 Å². The summed E-state index contributed by atoms with van der Waals surface area (Å²) in [6.45, 7) is 3.19. The predicted octanol–water partition coefficient (Wildman–Crippen LogP) is 3.79. The molecular weight excluding hydrogens is 361 g/mol. The first-order chi connectivity index (χ1) is 13.6. The topological polar surface area (TPSA) is 56.1 Å². The summed E-state index contributed by atoms with van der Waals surface area (Å²) in [5, 5.41) is 4.24. The molecule has 4 heterocycles. The molecule has 1 aromatic carbocycles. The molecule has 5 rings (SSSR count). The second-order valence-electron chi connectivity index (χ2n) is 7.21. The molecule has 0 radical (unpaired) electrons. The summed E-state index contributed by atoms with van der Waals surface area (Å²) in [5.74, 6) is 0.271. The van der Waals surface area contributed by atoms with Crippen LogP contribution in [0, 0.1) is 5.82 Å². The Morgan fingerprint density at radius 3 is 2.96 bits per heavy atom. The Hall–Kier alpha value is -3.09. The van der Waals surface area contributed by atoms with Crippen LogP contribution in [0.1, 0.15) is 41.7 Å². The summed E-state index contributed by atoms with van der Waals surface area (Å²) >= 11 is 0. The average Bonchev–Trinajstić information content (AvgIpc) is 3.34. The Kier molecular flexibility index (Phi) is 3.96. The molecule has 7 heteroatoms. The van der Waals surface area contributed by atoms with Gasteiger partial charge in [0.1, 0.15) is 13.2 Å². The summed E-state index contributed by atoms with van der Waals surface area (Å²) in [5.41, 5.74) is 3.25. The quantitative estimate of drug-likeness (QED) is 0.646. The molecule has 0 aliphatic carbocycles. The zero-order chi connectivity index (χ0) is 19.3. The van der Waals surface area contributed by atoms with Crippen LogP contribution in [0.5, 0.6) is 11.5 Å². The Labute approximate surface area is 161 Å². The van der Waals surface area contributed by atoms with Crippen molar-refractivity contribution >= 4 is 17.0 Å². The van der Waals surface area contributed by atoms with Gasteiger partial charge in [-0.15, -0.1) is 0 Å². The minimum atomic E-state index is -0.385. The molecule has 144 valence electrons. The molecule has 1 saturated heterocycles. The first-order valence-corrected chi connectivity index (χ1v) is 9.46. The Balaban J connectivity index is 1.54. The maximum atomic E-state index is 14.6. The molecule has 0 amide bonds. The van der Waals surface area contributed by atoms with Crippen molar-refractivity contribution in [3.05, 3.63) is 53.6 Å². The van der Waals surface area contributed by atoms with Crippen LogP contribution < -0.4 is 14.4 Å². The predicted molar refractivity (Wildman–Crippen MR) is 102 cm³/mol. The van der Waals surface area contributed by atoms with Crippen molar-refractivity contribution in [2.45, 2.75) is 25.8 Å². The summed E-state index contributed by atoms with van der Waals surface area (Å²) in [6.07, 6.45) is 5.38. The van der Waals surface area contributed by atoms with Gasteiger partial charge in [-0.25, -0.2) is 8.91 Å². The highest BCUT2D eigenvalue weighted by Gasteiger charge is 2.29. The highest BCUT2D eigenvalue weighted by atomic mass is 19.1. The lowest BCUT2D eigenvalue weighted by atomic mass is 10.0. The summed E-state index contributed by atoms with van der Waals surface area (Å²) in [4.78, 5) is 14.1. The van der Waals surface area contributed by atoms with Crippen molar-refractivity contribution in [2.24, 2.45) is 0 Å². The number of pyridine rings is 1. The van der Waals surface area contributed by atoms with Gasteiger partial charge in [0.05, 0.1) is 23.3 Å². The minimum absolute atomic E-state index is 0.0148. The van der Waals surface area contributed by atoms with Gasteiger partial charge in [0, 0.05) is 18.4 Å². The van der Waals surface area contributed by atoms with Crippen LogP contribution in [0.3, 0.4) is 0 Å². The van der Waals surface area contributed by atoms with Gasteiger partial charge in [-0.1, -0.05) is 0 Å². The number of nitrogens with zero attached hydrogens (tertiary/aromatic N) is 3. The van der Waals surface area contributed by atoms with Crippen molar-refractivity contribution in [3.8, 4) is 11.5 Å². The number of benzene rings is 1. The Morgan fingerprint density at radius 1 is 1.25 bits per heavy atom. The fourth-order valence-electron chi connectivity index (χ4n) is 4.16. The van der Waals surface area contributed by atoms with Gasteiger partial charge in [-0.2, -0.15) is 5.10 Å². The number of carbonyl (C=O) groups excluding carboxylic acids is 1. The van der Waals surface area contributed by atoms with E-state index < -0.39 is 0 Å². The van der Waals surface area contributed by atoms with Gasteiger partial charge in [0.15, 0.2) is 23.1 Å². The smallest absolute Gasteiger partial charge is 0.197 e. The first kappa shape index (κ1) is 17.0. The van der Waals surface area contributed by atoms with Crippen LogP contribution in [0.4, 0.5) is 10.1 Å². The number of anilines is 1. The molecule has 0 bridgehead atoms. The fourth-order valence-corrected chi connectivity index (χ4v) is 4.16. The molecule has 3 aromatic rings. The second-order valence-corrected chi connectivity index (χ2v) is 7.21. The summed E-state index contributed by atoms with van der Waals surface area (Å²) < 4.78 is 27.3. The zero-order valence-electron chi connectivity index (χ0n) is 15.5. The van der Waals surface area contributed by atoms with Crippen molar-refractivity contribution < 1.29 is 18.7 Å². The third kappa shape index (κ3) is 2.69. The van der Waals surface area contributed by atoms with Crippen LogP contribution in [-0.4, -0.2) is 35.2 Å². The van der Waals surface area contributed by atoms with Crippen LogP contribution in [0.15, 0.2) is 36.7 Å².